The molecule has 180 valence electrons. The van der Waals surface area contributed by atoms with Gasteiger partial charge in [0.15, 0.2) is 5.69 Å². The largest absolute Gasteiger partial charge is 0.461 e. The van der Waals surface area contributed by atoms with Gasteiger partial charge in [-0.3, -0.25) is 9.59 Å². The van der Waals surface area contributed by atoms with Gasteiger partial charge in [-0.1, -0.05) is 24.5 Å². The van der Waals surface area contributed by atoms with Gasteiger partial charge in [0.25, 0.3) is 5.56 Å². The van der Waals surface area contributed by atoms with Gasteiger partial charge in [0.2, 0.25) is 11.7 Å². The van der Waals surface area contributed by atoms with E-state index in [0.29, 0.717) is 12.3 Å². The number of carbonyl (C=O) groups is 2. The molecule has 0 aliphatic heterocycles. The zero-order chi connectivity index (χ0) is 23.8. The molecule has 0 radical (unpaired) electrons. The molecule has 9 nitrogen and oxygen atoms in total. The van der Waals surface area contributed by atoms with E-state index in [4.69, 9.17) is 4.74 Å². The predicted octanol–water partition coefficient (Wildman–Crippen LogP) is 3.09. The normalized spacial score (nSPS) is 15.2. The van der Waals surface area contributed by atoms with Crippen LogP contribution in [0.25, 0.3) is 0 Å². The van der Waals surface area contributed by atoms with E-state index in [2.05, 4.69) is 15.6 Å². The van der Waals surface area contributed by atoms with Gasteiger partial charge in [0.05, 0.1) is 25.0 Å². The minimum absolute atomic E-state index is 0.0246. The van der Waals surface area contributed by atoms with Crippen LogP contribution in [0.2, 0.25) is 0 Å². The zero-order valence-corrected chi connectivity index (χ0v) is 18.6. The maximum atomic E-state index is 14.5. The lowest BCUT2D eigenvalue weighted by Crippen LogP contribution is -2.27. The monoisotopic (exact) mass is 465 g/mol. The van der Waals surface area contributed by atoms with Gasteiger partial charge < -0.3 is 14.6 Å². The van der Waals surface area contributed by atoms with Crippen molar-refractivity contribution in [1.29, 1.82) is 0 Å². The van der Waals surface area contributed by atoms with Crippen LogP contribution in [0.1, 0.15) is 62.4 Å². The first kappa shape index (κ1) is 24.5. The molecule has 2 heterocycles. The quantitative estimate of drug-likeness (QED) is 0.540. The van der Waals surface area contributed by atoms with Crippen LogP contribution >= 0.6 is 0 Å². The minimum atomic E-state index is -1.41. The van der Waals surface area contributed by atoms with Crippen LogP contribution in [-0.2, 0) is 22.6 Å². The Morgan fingerprint density at radius 2 is 2.06 bits per heavy atom. The van der Waals surface area contributed by atoms with Gasteiger partial charge in [0, 0.05) is 19.2 Å². The first-order valence-corrected chi connectivity index (χ1v) is 11.3. The molecule has 11 heteroatoms. The van der Waals surface area contributed by atoms with Crippen LogP contribution in [0, 0.1) is 11.7 Å². The van der Waals surface area contributed by atoms with E-state index in [-0.39, 0.29) is 43.4 Å². The number of pyridine rings is 1. The van der Waals surface area contributed by atoms with Crippen molar-refractivity contribution in [2.24, 2.45) is 5.92 Å². The molecule has 2 aromatic rings. The summed E-state index contributed by atoms with van der Waals surface area (Å²) in [5, 5.41) is 9.80. The Bertz CT molecular complexity index is 1020. The molecular weight excluding hydrogens is 436 g/mol. The van der Waals surface area contributed by atoms with Crippen LogP contribution in [0.3, 0.4) is 0 Å². The van der Waals surface area contributed by atoms with Crippen molar-refractivity contribution < 1.29 is 23.1 Å². The summed E-state index contributed by atoms with van der Waals surface area (Å²) >= 11 is 0. The summed E-state index contributed by atoms with van der Waals surface area (Å²) in [6, 6.07) is 1.31. The van der Waals surface area contributed by atoms with Crippen LogP contribution in [-0.4, -0.2) is 44.2 Å². The SMILES string of the molecule is CCOC(=O)c1cn(CC(F)CCn2ccc(NC(=O)CC3CCCCC3)c(F)c2=O)nn1. The number of hydrogen-bond donors (Lipinski definition) is 1. The zero-order valence-electron chi connectivity index (χ0n) is 18.6. The predicted molar refractivity (Wildman–Crippen MR) is 116 cm³/mol. The Labute approximate surface area is 190 Å². The van der Waals surface area contributed by atoms with E-state index >= 15 is 0 Å². The molecule has 3 rings (SSSR count). The van der Waals surface area contributed by atoms with Crippen molar-refractivity contribution in [1.82, 2.24) is 19.6 Å². The third kappa shape index (κ3) is 6.93. The smallest absolute Gasteiger partial charge is 0.360 e. The molecule has 1 unspecified atom stereocenters. The summed E-state index contributed by atoms with van der Waals surface area (Å²) < 4.78 is 35.9. The van der Waals surface area contributed by atoms with Gasteiger partial charge in [0.1, 0.15) is 6.17 Å². The number of nitrogens with zero attached hydrogens (tertiary/aromatic N) is 4. The minimum Gasteiger partial charge on any atom is -0.461 e. The van der Waals surface area contributed by atoms with Crippen molar-refractivity contribution in [3.05, 3.63) is 40.3 Å². The van der Waals surface area contributed by atoms with E-state index < -0.39 is 23.5 Å². The molecule has 1 fully saturated rings. The number of aromatic nitrogens is 4. The Morgan fingerprint density at radius 1 is 1.30 bits per heavy atom. The Balaban J connectivity index is 1.51. The first-order valence-electron chi connectivity index (χ1n) is 11.3. The number of ether oxygens (including phenoxy) is 1. The third-order valence-electron chi connectivity index (χ3n) is 5.67. The number of aryl methyl sites for hydroxylation is 1. The highest BCUT2D eigenvalue weighted by atomic mass is 19.1. The highest BCUT2D eigenvalue weighted by molar-refractivity contribution is 5.90. The third-order valence-corrected chi connectivity index (χ3v) is 5.67. The first-order chi connectivity index (χ1) is 15.9. The highest BCUT2D eigenvalue weighted by Gasteiger charge is 2.19. The number of carbonyl (C=O) groups excluding carboxylic acids is 2. The van der Waals surface area contributed by atoms with Crippen molar-refractivity contribution >= 4 is 17.6 Å². The molecule has 1 aliphatic carbocycles. The number of anilines is 1. The summed E-state index contributed by atoms with van der Waals surface area (Å²) in [7, 11) is 0. The molecule has 1 atom stereocenters. The molecule has 1 saturated carbocycles. The molecule has 0 spiro atoms. The summed E-state index contributed by atoms with van der Waals surface area (Å²) in [6.07, 6.45) is 6.78. The second-order valence-electron chi connectivity index (χ2n) is 8.23. The molecule has 1 aliphatic rings. The second-order valence-corrected chi connectivity index (χ2v) is 8.23. The Hall–Kier alpha value is -3.11. The average Bonchev–Trinajstić information content (AvgIpc) is 3.26. The van der Waals surface area contributed by atoms with Crippen LogP contribution in [0.5, 0.6) is 0 Å². The lowest BCUT2D eigenvalue weighted by molar-refractivity contribution is -0.117. The van der Waals surface area contributed by atoms with Crippen LogP contribution < -0.4 is 10.9 Å². The summed E-state index contributed by atoms with van der Waals surface area (Å²) in [5.41, 5.74) is -1.12. The number of alkyl halides is 1. The summed E-state index contributed by atoms with van der Waals surface area (Å²) in [4.78, 5) is 36.1. The number of nitrogens with one attached hydrogen (secondary N) is 1. The number of esters is 1. The number of hydrogen-bond acceptors (Lipinski definition) is 6. The van der Waals surface area contributed by atoms with E-state index in [0.717, 1.165) is 30.3 Å². The van der Waals surface area contributed by atoms with E-state index in [1.165, 1.54) is 29.6 Å². The van der Waals surface area contributed by atoms with Gasteiger partial charge >= 0.3 is 5.97 Å². The molecule has 0 bridgehead atoms. The van der Waals surface area contributed by atoms with Crippen molar-refractivity contribution in [2.75, 3.05) is 11.9 Å². The van der Waals surface area contributed by atoms with Gasteiger partial charge in [-0.15, -0.1) is 5.10 Å². The fourth-order valence-electron chi connectivity index (χ4n) is 3.93. The fourth-order valence-corrected chi connectivity index (χ4v) is 3.93. The van der Waals surface area contributed by atoms with Gasteiger partial charge in [-0.05, 0) is 38.2 Å². The van der Waals surface area contributed by atoms with Crippen LogP contribution in [0.15, 0.2) is 23.3 Å². The Kier molecular flexibility index (Phi) is 8.67. The van der Waals surface area contributed by atoms with E-state index in [1.54, 1.807) is 6.92 Å². The van der Waals surface area contributed by atoms with Gasteiger partial charge in [-0.2, -0.15) is 4.39 Å². The molecule has 0 aromatic carbocycles. The maximum absolute atomic E-state index is 14.5. The molecule has 1 amide bonds. The molecule has 1 N–H and O–H groups in total. The molecule has 0 saturated heterocycles. The van der Waals surface area contributed by atoms with E-state index in [9.17, 15) is 23.2 Å². The standard InChI is InChI=1S/C22H29F2N5O4/c1-2-33-22(32)18-14-29(27-26-18)13-16(23)8-10-28-11-9-17(20(24)21(28)31)25-19(30)12-15-6-4-3-5-7-15/h9,11,14-16H,2-8,10,12-13H2,1H3,(H,25,30). The van der Waals surface area contributed by atoms with Crippen molar-refractivity contribution in [3.63, 3.8) is 0 Å². The highest BCUT2D eigenvalue weighted by Crippen LogP contribution is 2.26. The lowest BCUT2D eigenvalue weighted by Gasteiger charge is -2.20. The van der Waals surface area contributed by atoms with E-state index in [1.807, 2.05) is 0 Å². The van der Waals surface area contributed by atoms with Crippen molar-refractivity contribution in [2.45, 2.75) is 71.1 Å². The lowest BCUT2D eigenvalue weighted by atomic mass is 9.87. The van der Waals surface area contributed by atoms with Crippen LogP contribution in [0.4, 0.5) is 14.5 Å². The number of amides is 1. The summed E-state index contributed by atoms with van der Waals surface area (Å²) in [6.45, 7) is 1.60. The Morgan fingerprint density at radius 3 is 2.79 bits per heavy atom. The summed E-state index contributed by atoms with van der Waals surface area (Å²) in [5.74, 6) is -1.73. The molecular formula is C22H29F2N5O4. The number of rotatable bonds is 10. The average molecular weight is 466 g/mol. The maximum Gasteiger partial charge on any atom is 0.360 e. The van der Waals surface area contributed by atoms with Crippen molar-refractivity contribution in [3.8, 4) is 0 Å². The fraction of sp³-hybridized carbons (Fsp3) is 0.591. The molecule has 33 heavy (non-hydrogen) atoms. The topological polar surface area (TPSA) is 108 Å². The number of halogens is 2. The molecule has 2 aromatic heterocycles. The second kappa shape index (κ2) is 11.7. The van der Waals surface area contributed by atoms with Gasteiger partial charge in [-0.25, -0.2) is 13.9 Å².